The lowest BCUT2D eigenvalue weighted by Crippen LogP contribution is -2.51. The maximum atomic E-state index is 12.8. The molecule has 5 nitrogen and oxygen atoms in total. The molecule has 0 radical (unpaired) electrons. The third-order valence-electron chi connectivity index (χ3n) is 5.76. The molecule has 4 rings (SSSR count). The van der Waals surface area contributed by atoms with Crippen LogP contribution in [0.4, 0.5) is 0 Å². The SMILES string of the molecule is CCCCOc1ccc(C(=O)N2CCN(C(=O)C3CC3c3cccs3)CC2)cc1. The first-order valence-corrected chi connectivity index (χ1v) is 11.4. The zero-order valence-electron chi connectivity index (χ0n) is 16.9. The fraction of sp³-hybridized carbons (Fsp3) is 0.478. The van der Waals surface area contributed by atoms with Crippen molar-refractivity contribution in [2.75, 3.05) is 32.8 Å². The maximum absolute atomic E-state index is 12.8. The molecule has 1 aliphatic heterocycles. The summed E-state index contributed by atoms with van der Waals surface area (Å²) in [5, 5.41) is 2.07. The molecule has 0 spiro atoms. The molecule has 2 amide bonds. The predicted octanol–water partition coefficient (Wildman–Crippen LogP) is 4.02. The van der Waals surface area contributed by atoms with E-state index in [-0.39, 0.29) is 17.7 Å². The van der Waals surface area contributed by atoms with E-state index in [0.29, 0.717) is 44.3 Å². The highest BCUT2D eigenvalue weighted by molar-refractivity contribution is 7.10. The molecule has 154 valence electrons. The van der Waals surface area contributed by atoms with Crippen LogP contribution in [0.25, 0.3) is 0 Å². The van der Waals surface area contributed by atoms with Crippen LogP contribution >= 0.6 is 11.3 Å². The van der Waals surface area contributed by atoms with Crippen molar-refractivity contribution in [1.82, 2.24) is 9.80 Å². The Kier molecular flexibility index (Phi) is 6.19. The highest BCUT2D eigenvalue weighted by Gasteiger charge is 2.46. The van der Waals surface area contributed by atoms with Gasteiger partial charge in [0.25, 0.3) is 5.91 Å². The molecule has 2 heterocycles. The van der Waals surface area contributed by atoms with E-state index in [1.54, 1.807) is 11.3 Å². The van der Waals surface area contributed by atoms with Crippen molar-refractivity contribution in [3.63, 3.8) is 0 Å². The van der Waals surface area contributed by atoms with Gasteiger partial charge in [0.2, 0.25) is 5.91 Å². The number of hydrogen-bond acceptors (Lipinski definition) is 4. The summed E-state index contributed by atoms with van der Waals surface area (Å²) in [5.74, 6) is 1.62. The van der Waals surface area contributed by atoms with Crippen molar-refractivity contribution in [2.45, 2.75) is 32.1 Å². The van der Waals surface area contributed by atoms with Crippen LogP contribution in [-0.2, 0) is 4.79 Å². The van der Waals surface area contributed by atoms with Crippen LogP contribution in [0.2, 0.25) is 0 Å². The molecule has 0 bridgehead atoms. The Morgan fingerprint density at radius 1 is 1.07 bits per heavy atom. The topological polar surface area (TPSA) is 49.9 Å². The molecule has 2 fully saturated rings. The minimum atomic E-state index is 0.0279. The number of hydrogen-bond donors (Lipinski definition) is 0. The highest BCUT2D eigenvalue weighted by Crippen LogP contribution is 2.50. The van der Waals surface area contributed by atoms with Crippen LogP contribution in [0.1, 0.15) is 47.3 Å². The van der Waals surface area contributed by atoms with Gasteiger partial charge in [0, 0.05) is 48.5 Å². The number of benzene rings is 1. The molecule has 6 heteroatoms. The number of nitrogens with zero attached hydrogens (tertiary/aromatic N) is 2. The highest BCUT2D eigenvalue weighted by atomic mass is 32.1. The quantitative estimate of drug-likeness (QED) is 0.646. The summed E-state index contributed by atoms with van der Waals surface area (Å²) < 4.78 is 5.66. The van der Waals surface area contributed by atoms with Gasteiger partial charge in [-0.1, -0.05) is 19.4 Å². The second-order valence-corrected chi connectivity index (χ2v) is 8.79. The average Bonchev–Trinajstić information content (AvgIpc) is 3.37. The van der Waals surface area contributed by atoms with Crippen molar-refractivity contribution < 1.29 is 14.3 Å². The number of thiophene rings is 1. The van der Waals surface area contributed by atoms with Gasteiger partial charge in [-0.25, -0.2) is 0 Å². The Hall–Kier alpha value is -2.34. The zero-order chi connectivity index (χ0) is 20.2. The molecule has 1 aromatic carbocycles. The molecule has 29 heavy (non-hydrogen) atoms. The monoisotopic (exact) mass is 412 g/mol. The summed E-state index contributed by atoms with van der Waals surface area (Å²) in [4.78, 5) is 30.7. The van der Waals surface area contributed by atoms with E-state index in [1.165, 1.54) is 4.88 Å². The van der Waals surface area contributed by atoms with Gasteiger partial charge in [-0.2, -0.15) is 0 Å². The lowest BCUT2D eigenvalue weighted by molar-refractivity contribution is -0.134. The molecule has 2 unspecified atom stereocenters. The third kappa shape index (κ3) is 4.64. The van der Waals surface area contributed by atoms with E-state index in [2.05, 4.69) is 18.4 Å². The molecule has 1 aromatic heterocycles. The van der Waals surface area contributed by atoms with Gasteiger partial charge in [-0.3, -0.25) is 9.59 Å². The fourth-order valence-corrected chi connectivity index (χ4v) is 4.77. The van der Waals surface area contributed by atoms with Crippen molar-refractivity contribution in [2.24, 2.45) is 5.92 Å². The summed E-state index contributed by atoms with van der Waals surface area (Å²) in [6.45, 7) is 5.26. The Bertz CT molecular complexity index is 826. The van der Waals surface area contributed by atoms with Crippen LogP contribution in [0.5, 0.6) is 5.75 Å². The Labute approximate surface area is 176 Å². The number of unbranched alkanes of at least 4 members (excludes halogenated alkanes) is 1. The van der Waals surface area contributed by atoms with Crippen LogP contribution in [0.15, 0.2) is 41.8 Å². The minimum absolute atomic E-state index is 0.0279. The molecule has 2 aromatic rings. The van der Waals surface area contributed by atoms with Crippen molar-refractivity contribution in [3.8, 4) is 5.75 Å². The van der Waals surface area contributed by atoms with E-state index in [1.807, 2.05) is 40.1 Å². The maximum Gasteiger partial charge on any atom is 0.253 e. The number of amides is 2. The van der Waals surface area contributed by atoms with Gasteiger partial charge in [-0.15, -0.1) is 11.3 Å². The molecule has 2 atom stereocenters. The van der Waals surface area contributed by atoms with Gasteiger partial charge in [0.05, 0.1) is 6.61 Å². The van der Waals surface area contributed by atoms with E-state index in [9.17, 15) is 9.59 Å². The van der Waals surface area contributed by atoms with Crippen molar-refractivity contribution in [1.29, 1.82) is 0 Å². The number of carbonyl (C=O) groups excluding carboxylic acids is 2. The van der Waals surface area contributed by atoms with Crippen LogP contribution < -0.4 is 4.74 Å². The number of carbonyl (C=O) groups is 2. The first-order chi connectivity index (χ1) is 14.2. The Balaban J connectivity index is 1.26. The molecule has 2 aliphatic rings. The first kappa shape index (κ1) is 20.0. The van der Waals surface area contributed by atoms with Crippen LogP contribution in [0, 0.1) is 5.92 Å². The van der Waals surface area contributed by atoms with E-state index < -0.39 is 0 Å². The Morgan fingerprint density at radius 2 is 1.79 bits per heavy atom. The zero-order valence-corrected chi connectivity index (χ0v) is 17.7. The van der Waals surface area contributed by atoms with Crippen molar-refractivity contribution >= 4 is 23.2 Å². The lowest BCUT2D eigenvalue weighted by Gasteiger charge is -2.35. The molecule has 1 saturated heterocycles. The fourth-order valence-electron chi connectivity index (χ4n) is 3.86. The number of piperazine rings is 1. The van der Waals surface area contributed by atoms with Gasteiger partial charge in [0.15, 0.2) is 0 Å². The van der Waals surface area contributed by atoms with E-state index >= 15 is 0 Å². The van der Waals surface area contributed by atoms with E-state index in [4.69, 9.17) is 4.74 Å². The van der Waals surface area contributed by atoms with Gasteiger partial charge in [-0.05, 0) is 48.6 Å². The van der Waals surface area contributed by atoms with E-state index in [0.717, 1.165) is 25.0 Å². The summed E-state index contributed by atoms with van der Waals surface area (Å²) in [6, 6.07) is 11.6. The summed E-state index contributed by atoms with van der Waals surface area (Å²) in [5.41, 5.74) is 0.674. The average molecular weight is 413 g/mol. The van der Waals surface area contributed by atoms with Gasteiger partial charge < -0.3 is 14.5 Å². The molecule has 0 N–H and O–H groups in total. The molecular formula is C23H28N2O3S. The van der Waals surface area contributed by atoms with Crippen LogP contribution in [0.3, 0.4) is 0 Å². The second kappa shape index (κ2) is 8.99. The predicted molar refractivity (Wildman–Crippen MR) is 114 cm³/mol. The van der Waals surface area contributed by atoms with Gasteiger partial charge >= 0.3 is 0 Å². The normalized spacial score (nSPS) is 21.1. The number of rotatable bonds is 7. The second-order valence-electron chi connectivity index (χ2n) is 7.81. The smallest absolute Gasteiger partial charge is 0.253 e. The summed E-state index contributed by atoms with van der Waals surface area (Å²) in [7, 11) is 0. The lowest BCUT2D eigenvalue weighted by atomic mass is 10.1. The number of ether oxygens (including phenoxy) is 1. The first-order valence-electron chi connectivity index (χ1n) is 10.5. The molecule has 1 aliphatic carbocycles. The summed E-state index contributed by atoms with van der Waals surface area (Å²) >= 11 is 1.74. The minimum Gasteiger partial charge on any atom is -0.494 e. The van der Waals surface area contributed by atoms with Gasteiger partial charge in [0.1, 0.15) is 5.75 Å². The largest absolute Gasteiger partial charge is 0.494 e. The summed E-state index contributed by atoms with van der Waals surface area (Å²) in [6.07, 6.45) is 3.09. The van der Waals surface area contributed by atoms with Crippen molar-refractivity contribution in [3.05, 3.63) is 52.2 Å². The Morgan fingerprint density at radius 3 is 2.45 bits per heavy atom. The molecular weight excluding hydrogens is 384 g/mol. The third-order valence-corrected chi connectivity index (χ3v) is 6.77. The molecule has 1 saturated carbocycles. The van der Waals surface area contributed by atoms with Crippen LogP contribution in [-0.4, -0.2) is 54.4 Å². The standard InChI is InChI=1S/C23H28N2O3S/c1-2-3-14-28-18-8-6-17(7-9-18)22(26)24-10-12-25(13-11-24)23(27)20-16-19(20)21-5-4-15-29-21/h4-9,15,19-20H,2-3,10-14,16H2,1H3.